The van der Waals surface area contributed by atoms with E-state index in [0.717, 1.165) is 32.7 Å². The van der Waals surface area contributed by atoms with Crippen molar-refractivity contribution >= 4 is 24.8 Å². The molecule has 1 rings (SSSR count). The Bertz CT molecular complexity index is 311. The minimum absolute atomic E-state index is 0. The SMILES string of the molecule is CCN(CC)CCNCc1cnn(C)c1C.Cl.Cl. The number of likely N-dealkylation sites (N-methyl/N-ethyl adjacent to an activating group) is 1. The number of hydrogen-bond donors (Lipinski definition) is 1. The largest absolute Gasteiger partial charge is 0.311 e. The van der Waals surface area contributed by atoms with E-state index in [9.17, 15) is 0 Å². The molecular formula is C12H26Cl2N4. The number of halogens is 2. The Labute approximate surface area is 123 Å². The smallest absolute Gasteiger partial charge is 0.0537 e. The van der Waals surface area contributed by atoms with Crippen LogP contribution >= 0.6 is 24.8 Å². The summed E-state index contributed by atoms with van der Waals surface area (Å²) in [5.74, 6) is 0. The summed E-state index contributed by atoms with van der Waals surface area (Å²) in [5.41, 5.74) is 2.54. The van der Waals surface area contributed by atoms with E-state index in [1.807, 2.05) is 17.9 Å². The number of hydrogen-bond acceptors (Lipinski definition) is 3. The molecule has 0 saturated carbocycles. The lowest BCUT2D eigenvalue weighted by Gasteiger charge is -2.17. The van der Waals surface area contributed by atoms with Crippen LogP contribution in [0.25, 0.3) is 0 Å². The Kier molecular flexibility index (Phi) is 11.8. The monoisotopic (exact) mass is 296 g/mol. The van der Waals surface area contributed by atoms with Gasteiger partial charge in [0.05, 0.1) is 6.20 Å². The second-order valence-electron chi connectivity index (χ2n) is 4.08. The van der Waals surface area contributed by atoms with Gasteiger partial charge in [-0.25, -0.2) is 0 Å². The van der Waals surface area contributed by atoms with E-state index in [0.29, 0.717) is 0 Å². The van der Waals surface area contributed by atoms with Gasteiger partial charge in [0.25, 0.3) is 0 Å². The summed E-state index contributed by atoms with van der Waals surface area (Å²) in [6.45, 7) is 11.8. The average molecular weight is 297 g/mol. The fourth-order valence-electron chi connectivity index (χ4n) is 1.72. The Morgan fingerprint density at radius 1 is 1.28 bits per heavy atom. The maximum atomic E-state index is 4.23. The second kappa shape index (κ2) is 10.6. The van der Waals surface area contributed by atoms with Gasteiger partial charge in [-0.3, -0.25) is 4.68 Å². The van der Waals surface area contributed by atoms with Gasteiger partial charge in [-0.1, -0.05) is 13.8 Å². The first kappa shape index (κ1) is 20.0. The Balaban J connectivity index is 0. The molecule has 0 aliphatic carbocycles. The molecule has 0 aliphatic rings. The summed E-state index contributed by atoms with van der Waals surface area (Å²) in [6, 6.07) is 0. The summed E-state index contributed by atoms with van der Waals surface area (Å²) in [6.07, 6.45) is 1.94. The minimum Gasteiger partial charge on any atom is -0.311 e. The van der Waals surface area contributed by atoms with Crippen LogP contribution in [0, 0.1) is 6.92 Å². The third-order valence-corrected chi connectivity index (χ3v) is 3.15. The van der Waals surface area contributed by atoms with Crippen LogP contribution < -0.4 is 5.32 Å². The molecule has 1 N–H and O–H groups in total. The van der Waals surface area contributed by atoms with Gasteiger partial charge in [0.15, 0.2) is 0 Å². The van der Waals surface area contributed by atoms with Gasteiger partial charge in [0.1, 0.15) is 0 Å². The van der Waals surface area contributed by atoms with Crippen molar-refractivity contribution in [1.29, 1.82) is 0 Å². The first-order valence-electron chi connectivity index (χ1n) is 6.09. The van der Waals surface area contributed by atoms with Crippen molar-refractivity contribution in [3.05, 3.63) is 17.5 Å². The zero-order valence-electron chi connectivity index (χ0n) is 11.8. The normalized spacial score (nSPS) is 10.1. The number of rotatable bonds is 7. The first-order valence-corrected chi connectivity index (χ1v) is 6.09. The summed E-state index contributed by atoms with van der Waals surface area (Å²) in [5, 5.41) is 7.69. The van der Waals surface area contributed by atoms with Crippen molar-refractivity contribution < 1.29 is 0 Å². The van der Waals surface area contributed by atoms with E-state index < -0.39 is 0 Å². The maximum Gasteiger partial charge on any atom is 0.0537 e. The third kappa shape index (κ3) is 6.05. The summed E-state index contributed by atoms with van der Waals surface area (Å²) in [4.78, 5) is 2.42. The Morgan fingerprint density at radius 2 is 1.89 bits per heavy atom. The molecule has 6 heteroatoms. The molecule has 0 atom stereocenters. The van der Waals surface area contributed by atoms with Crippen LogP contribution in [-0.4, -0.2) is 40.9 Å². The average Bonchev–Trinajstić information content (AvgIpc) is 2.61. The summed E-state index contributed by atoms with van der Waals surface area (Å²) < 4.78 is 1.92. The van der Waals surface area contributed by atoms with E-state index >= 15 is 0 Å². The number of aryl methyl sites for hydroxylation is 1. The molecule has 0 radical (unpaired) electrons. The van der Waals surface area contributed by atoms with Gasteiger partial charge in [-0.05, 0) is 20.0 Å². The van der Waals surface area contributed by atoms with Crippen LogP contribution in [0.2, 0.25) is 0 Å². The Hall–Kier alpha value is -0.290. The van der Waals surface area contributed by atoms with Gasteiger partial charge >= 0.3 is 0 Å². The van der Waals surface area contributed by atoms with Crippen molar-refractivity contribution in [3.63, 3.8) is 0 Å². The van der Waals surface area contributed by atoms with Crippen molar-refractivity contribution in [2.75, 3.05) is 26.2 Å². The van der Waals surface area contributed by atoms with E-state index in [4.69, 9.17) is 0 Å². The van der Waals surface area contributed by atoms with Crippen molar-refractivity contribution in [3.8, 4) is 0 Å². The maximum absolute atomic E-state index is 4.23. The fraction of sp³-hybridized carbons (Fsp3) is 0.750. The number of aromatic nitrogens is 2. The molecule has 108 valence electrons. The molecule has 0 bridgehead atoms. The molecule has 4 nitrogen and oxygen atoms in total. The van der Waals surface area contributed by atoms with Gasteiger partial charge < -0.3 is 10.2 Å². The van der Waals surface area contributed by atoms with Gasteiger partial charge in [-0.2, -0.15) is 5.10 Å². The lowest BCUT2D eigenvalue weighted by atomic mass is 10.2. The van der Waals surface area contributed by atoms with Gasteiger partial charge in [0, 0.05) is 37.9 Å². The summed E-state index contributed by atoms with van der Waals surface area (Å²) >= 11 is 0. The molecule has 0 fully saturated rings. The molecular weight excluding hydrogens is 271 g/mol. The van der Waals surface area contributed by atoms with E-state index in [-0.39, 0.29) is 24.8 Å². The Morgan fingerprint density at radius 3 is 2.33 bits per heavy atom. The minimum atomic E-state index is 0. The van der Waals surface area contributed by atoms with Crippen molar-refractivity contribution in [2.45, 2.75) is 27.3 Å². The highest BCUT2D eigenvalue weighted by atomic mass is 35.5. The molecule has 0 amide bonds. The lowest BCUT2D eigenvalue weighted by Crippen LogP contribution is -2.31. The molecule has 0 aliphatic heterocycles. The van der Waals surface area contributed by atoms with Crippen LogP contribution in [0.5, 0.6) is 0 Å². The predicted octanol–water partition coefficient (Wildman–Crippen LogP) is 2.00. The van der Waals surface area contributed by atoms with Crippen molar-refractivity contribution in [2.24, 2.45) is 7.05 Å². The van der Waals surface area contributed by atoms with Crippen LogP contribution in [0.3, 0.4) is 0 Å². The van der Waals surface area contributed by atoms with E-state index in [1.165, 1.54) is 11.3 Å². The zero-order valence-corrected chi connectivity index (χ0v) is 13.4. The zero-order chi connectivity index (χ0) is 12.0. The number of nitrogens with one attached hydrogen (secondary N) is 1. The molecule has 0 spiro atoms. The van der Waals surface area contributed by atoms with Crippen molar-refractivity contribution in [1.82, 2.24) is 20.0 Å². The second-order valence-corrected chi connectivity index (χ2v) is 4.08. The quantitative estimate of drug-likeness (QED) is 0.782. The standard InChI is InChI=1S/C12H24N4.2ClH/c1-5-16(6-2)8-7-13-9-12-10-14-15(4)11(12)3;;/h10,13H,5-9H2,1-4H3;2*1H. The van der Waals surface area contributed by atoms with Crippen LogP contribution in [0.1, 0.15) is 25.1 Å². The van der Waals surface area contributed by atoms with E-state index in [1.54, 1.807) is 0 Å². The highest BCUT2D eigenvalue weighted by Crippen LogP contribution is 2.04. The first-order chi connectivity index (χ1) is 7.69. The fourth-order valence-corrected chi connectivity index (χ4v) is 1.72. The van der Waals surface area contributed by atoms with Gasteiger partial charge in [-0.15, -0.1) is 24.8 Å². The highest BCUT2D eigenvalue weighted by Gasteiger charge is 2.03. The van der Waals surface area contributed by atoms with Gasteiger partial charge in [0.2, 0.25) is 0 Å². The molecule has 1 heterocycles. The number of nitrogens with zero attached hydrogens (tertiary/aromatic N) is 3. The lowest BCUT2D eigenvalue weighted by molar-refractivity contribution is 0.302. The van der Waals surface area contributed by atoms with E-state index in [2.05, 4.69) is 36.1 Å². The molecule has 0 aromatic carbocycles. The molecule has 0 saturated heterocycles. The molecule has 0 unspecified atom stereocenters. The molecule has 18 heavy (non-hydrogen) atoms. The van der Waals surface area contributed by atoms with Crippen LogP contribution in [0.15, 0.2) is 6.20 Å². The molecule has 1 aromatic rings. The highest BCUT2D eigenvalue weighted by molar-refractivity contribution is 5.85. The topological polar surface area (TPSA) is 33.1 Å². The van der Waals surface area contributed by atoms with Crippen LogP contribution in [-0.2, 0) is 13.6 Å². The predicted molar refractivity (Wildman–Crippen MR) is 81.9 cm³/mol. The third-order valence-electron chi connectivity index (χ3n) is 3.15. The van der Waals surface area contributed by atoms with Crippen LogP contribution in [0.4, 0.5) is 0 Å². The molecule has 1 aromatic heterocycles. The summed E-state index contributed by atoms with van der Waals surface area (Å²) in [7, 11) is 1.98.